The monoisotopic (exact) mass is 201 g/mol. The molecule has 0 aliphatic carbocycles. The lowest BCUT2D eigenvalue weighted by Gasteiger charge is -2.02. The lowest BCUT2D eigenvalue weighted by atomic mass is 10.3. The van der Waals surface area contributed by atoms with E-state index < -0.39 is 0 Å². The Morgan fingerprint density at radius 3 is 2.67 bits per heavy atom. The summed E-state index contributed by atoms with van der Waals surface area (Å²) in [7, 11) is 0. The Kier molecular flexibility index (Phi) is 2.83. The smallest absolute Gasteiger partial charge is 0.0648 e. The van der Waals surface area contributed by atoms with Gasteiger partial charge in [0.1, 0.15) is 0 Å². The number of nitrogens with zero attached hydrogens (tertiary/aromatic N) is 2. The molecule has 15 heavy (non-hydrogen) atoms. The van der Waals surface area contributed by atoms with Crippen molar-refractivity contribution in [2.75, 3.05) is 6.54 Å². The molecule has 0 fully saturated rings. The van der Waals surface area contributed by atoms with E-state index in [1.807, 2.05) is 35.0 Å². The van der Waals surface area contributed by atoms with Gasteiger partial charge in [-0.25, -0.2) is 4.68 Å². The number of rotatable bonds is 3. The normalized spacial score (nSPS) is 10.5. The zero-order chi connectivity index (χ0) is 10.7. The molecular formula is C12H15N3. The molecule has 2 rings (SSSR count). The van der Waals surface area contributed by atoms with Crippen molar-refractivity contribution >= 4 is 0 Å². The van der Waals surface area contributed by atoms with Gasteiger partial charge in [-0.05, 0) is 31.7 Å². The van der Waals surface area contributed by atoms with Crippen LogP contribution >= 0.6 is 0 Å². The molecule has 0 saturated heterocycles. The van der Waals surface area contributed by atoms with Gasteiger partial charge in [0, 0.05) is 12.1 Å². The van der Waals surface area contributed by atoms with Gasteiger partial charge >= 0.3 is 0 Å². The van der Waals surface area contributed by atoms with Crippen LogP contribution in [0.3, 0.4) is 0 Å². The maximum Gasteiger partial charge on any atom is 0.0648 e. The van der Waals surface area contributed by atoms with Crippen LogP contribution < -0.4 is 5.73 Å². The minimum atomic E-state index is 0.644. The van der Waals surface area contributed by atoms with Crippen molar-refractivity contribution in [2.45, 2.75) is 13.3 Å². The van der Waals surface area contributed by atoms with E-state index in [0.717, 1.165) is 23.5 Å². The molecule has 0 amide bonds. The fourth-order valence-electron chi connectivity index (χ4n) is 1.64. The highest BCUT2D eigenvalue weighted by Gasteiger charge is 2.04. The van der Waals surface area contributed by atoms with Crippen LogP contribution in [-0.4, -0.2) is 16.3 Å². The van der Waals surface area contributed by atoms with Crippen LogP contribution in [0.25, 0.3) is 5.69 Å². The summed E-state index contributed by atoms with van der Waals surface area (Å²) >= 11 is 0. The summed E-state index contributed by atoms with van der Waals surface area (Å²) in [5.74, 6) is 0. The van der Waals surface area contributed by atoms with Crippen molar-refractivity contribution in [3.8, 4) is 5.69 Å². The average molecular weight is 201 g/mol. The molecule has 0 spiro atoms. The van der Waals surface area contributed by atoms with Gasteiger partial charge in [0.25, 0.3) is 0 Å². The maximum absolute atomic E-state index is 5.51. The second kappa shape index (κ2) is 4.28. The number of aromatic nitrogens is 2. The van der Waals surface area contributed by atoms with Gasteiger partial charge in [-0.2, -0.15) is 5.10 Å². The van der Waals surface area contributed by atoms with Gasteiger partial charge < -0.3 is 5.73 Å². The van der Waals surface area contributed by atoms with Crippen molar-refractivity contribution in [1.29, 1.82) is 0 Å². The van der Waals surface area contributed by atoms with Crippen LogP contribution in [-0.2, 0) is 6.42 Å². The number of hydrogen-bond donors (Lipinski definition) is 1. The molecule has 0 aliphatic rings. The van der Waals surface area contributed by atoms with Crippen molar-refractivity contribution in [1.82, 2.24) is 9.78 Å². The highest BCUT2D eigenvalue weighted by Crippen LogP contribution is 2.11. The molecule has 0 atom stereocenters. The molecule has 78 valence electrons. The van der Waals surface area contributed by atoms with Crippen LogP contribution in [0.2, 0.25) is 0 Å². The fraction of sp³-hybridized carbons (Fsp3) is 0.250. The molecule has 3 nitrogen and oxygen atoms in total. The standard InChI is InChI=1S/C12H15N3/c1-10-9-11(7-8-13)14-15(10)12-5-3-2-4-6-12/h2-6,9H,7-8,13H2,1H3. The zero-order valence-electron chi connectivity index (χ0n) is 8.85. The van der Waals surface area contributed by atoms with Crippen LogP contribution in [0.15, 0.2) is 36.4 Å². The quantitative estimate of drug-likeness (QED) is 0.821. The van der Waals surface area contributed by atoms with E-state index in [9.17, 15) is 0 Å². The molecule has 0 aliphatic heterocycles. The molecule has 2 N–H and O–H groups in total. The molecular weight excluding hydrogens is 186 g/mol. The summed E-state index contributed by atoms with van der Waals surface area (Å²) in [6, 6.07) is 12.2. The SMILES string of the molecule is Cc1cc(CCN)nn1-c1ccccc1. The van der Waals surface area contributed by atoms with Crippen LogP contribution in [0, 0.1) is 6.92 Å². The third-order valence-corrected chi connectivity index (χ3v) is 2.34. The van der Waals surface area contributed by atoms with Gasteiger partial charge in [-0.1, -0.05) is 18.2 Å². The van der Waals surface area contributed by atoms with Crippen molar-refractivity contribution in [3.63, 3.8) is 0 Å². The molecule has 0 radical (unpaired) electrons. The van der Waals surface area contributed by atoms with Crippen LogP contribution in [0.1, 0.15) is 11.4 Å². The molecule has 1 heterocycles. The zero-order valence-corrected chi connectivity index (χ0v) is 8.85. The topological polar surface area (TPSA) is 43.8 Å². The Labute approximate surface area is 89.5 Å². The first-order valence-electron chi connectivity index (χ1n) is 5.12. The van der Waals surface area contributed by atoms with Crippen molar-refractivity contribution in [3.05, 3.63) is 47.8 Å². The first-order valence-corrected chi connectivity index (χ1v) is 5.12. The fourth-order valence-corrected chi connectivity index (χ4v) is 1.64. The van der Waals surface area contributed by atoms with E-state index >= 15 is 0 Å². The van der Waals surface area contributed by atoms with E-state index in [-0.39, 0.29) is 0 Å². The largest absolute Gasteiger partial charge is 0.330 e. The third kappa shape index (κ3) is 2.07. The van der Waals surface area contributed by atoms with Gasteiger partial charge in [-0.3, -0.25) is 0 Å². The summed E-state index contributed by atoms with van der Waals surface area (Å²) in [6.45, 7) is 2.70. The van der Waals surface area contributed by atoms with Gasteiger partial charge in [0.2, 0.25) is 0 Å². The van der Waals surface area contributed by atoms with E-state index in [2.05, 4.69) is 18.1 Å². The summed E-state index contributed by atoms with van der Waals surface area (Å²) in [4.78, 5) is 0. The summed E-state index contributed by atoms with van der Waals surface area (Å²) in [5, 5.41) is 4.51. The van der Waals surface area contributed by atoms with Gasteiger partial charge in [0.15, 0.2) is 0 Å². The summed E-state index contributed by atoms with van der Waals surface area (Å²) in [5.41, 5.74) is 8.80. The van der Waals surface area contributed by atoms with Crippen LogP contribution in [0.5, 0.6) is 0 Å². The summed E-state index contributed by atoms with van der Waals surface area (Å²) < 4.78 is 1.95. The van der Waals surface area contributed by atoms with Crippen molar-refractivity contribution < 1.29 is 0 Å². The number of para-hydroxylation sites is 1. The van der Waals surface area contributed by atoms with E-state index in [4.69, 9.17) is 5.73 Å². The first kappa shape index (κ1) is 9.93. The van der Waals surface area contributed by atoms with Gasteiger partial charge in [0.05, 0.1) is 11.4 Å². The van der Waals surface area contributed by atoms with Crippen LogP contribution in [0.4, 0.5) is 0 Å². The lowest BCUT2D eigenvalue weighted by Crippen LogP contribution is -2.04. The average Bonchev–Trinajstić information content (AvgIpc) is 2.61. The predicted molar refractivity (Wildman–Crippen MR) is 61.1 cm³/mol. The van der Waals surface area contributed by atoms with Crippen molar-refractivity contribution in [2.24, 2.45) is 5.73 Å². The van der Waals surface area contributed by atoms with E-state index in [1.165, 1.54) is 0 Å². The minimum absolute atomic E-state index is 0.644. The predicted octanol–water partition coefficient (Wildman–Crippen LogP) is 1.68. The number of nitrogens with two attached hydrogens (primary N) is 1. The molecule has 0 bridgehead atoms. The lowest BCUT2D eigenvalue weighted by molar-refractivity contribution is 0.804. The Morgan fingerprint density at radius 2 is 2.00 bits per heavy atom. The molecule has 0 unspecified atom stereocenters. The summed E-state index contributed by atoms with van der Waals surface area (Å²) in [6.07, 6.45) is 0.834. The molecule has 1 aromatic heterocycles. The minimum Gasteiger partial charge on any atom is -0.330 e. The van der Waals surface area contributed by atoms with Gasteiger partial charge in [-0.15, -0.1) is 0 Å². The molecule has 1 aromatic carbocycles. The maximum atomic E-state index is 5.51. The highest BCUT2D eigenvalue weighted by atomic mass is 15.3. The van der Waals surface area contributed by atoms with E-state index in [1.54, 1.807) is 0 Å². The third-order valence-electron chi connectivity index (χ3n) is 2.34. The second-order valence-corrected chi connectivity index (χ2v) is 3.56. The number of benzene rings is 1. The Morgan fingerprint density at radius 1 is 1.27 bits per heavy atom. The number of hydrogen-bond acceptors (Lipinski definition) is 2. The molecule has 3 heteroatoms. The highest BCUT2D eigenvalue weighted by molar-refractivity contribution is 5.33. The Bertz CT molecular complexity index is 431. The Balaban J connectivity index is 2.36. The van der Waals surface area contributed by atoms with E-state index in [0.29, 0.717) is 6.54 Å². The molecule has 2 aromatic rings. The first-order chi connectivity index (χ1) is 7.31. The molecule has 0 saturated carbocycles. The number of aryl methyl sites for hydroxylation is 1. The second-order valence-electron chi connectivity index (χ2n) is 3.56. The Hall–Kier alpha value is -1.61.